The molecule has 27 heavy (non-hydrogen) atoms. The minimum absolute atomic E-state index is 0.137. The first-order valence-electron chi connectivity index (χ1n) is 9.67. The number of anilines is 1. The molecule has 5 nitrogen and oxygen atoms in total. The number of nitrogens with zero attached hydrogens (tertiary/aromatic N) is 4. The normalized spacial score (nSPS) is 17.0. The Morgan fingerprint density at radius 2 is 2.11 bits per heavy atom. The minimum Gasteiger partial charge on any atom is -0.356 e. The summed E-state index contributed by atoms with van der Waals surface area (Å²) in [5.41, 5.74) is 1.15. The Labute approximate surface area is 166 Å². The van der Waals surface area contributed by atoms with Crippen LogP contribution in [-0.4, -0.2) is 46.2 Å². The summed E-state index contributed by atoms with van der Waals surface area (Å²) < 4.78 is 0. The molecule has 1 aromatic carbocycles. The van der Waals surface area contributed by atoms with Crippen LogP contribution in [0.25, 0.3) is 0 Å². The number of carbonyl (C=O) groups is 1. The standard InChI is InChI=1S/C21H28N4OS/c1-3-24(14-18-9-5-4-6-10-18)21(26)15-27-20-12-19(22-16-23-20)25-11-7-8-17(2)13-25/h4-6,9-10,12,16-17H,3,7-8,11,13-15H2,1-2H3. The summed E-state index contributed by atoms with van der Waals surface area (Å²) in [7, 11) is 0. The predicted octanol–water partition coefficient (Wildman–Crippen LogP) is 3.85. The van der Waals surface area contributed by atoms with Gasteiger partial charge >= 0.3 is 0 Å². The molecule has 0 N–H and O–H groups in total. The van der Waals surface area contributed by atoms with Gasteiger partial charge in [-0.25, -0.2) is 9.97 Å². The molecule has 0 aliphatic carbocycles. The molecule has 0 spiro atoms. The lowest BCUT2D eigenvalue weighted by Crippen LogP contribution is -2.34. The van der Waals surface area contributed by atoms with Gasteiger partial charge in [0.15, 0.2) is 0 Å². The lowest BCUT2D eigenvalue weighted by molar-refractivity contribution is -0.128. The molecule has 1 aliphatic rings. The second-order valence-electron chi connectivity index (χ2n) is 7.09. The predicted molar refractivity (Wildman–Crippen MR) is 111 cm³/mol. The van der Waals surface area contributed by atoms with Gasteiger partial charge in [0.1, 0.15) is 17.2 Å². The quantitative estimate of drug-likeness (QED) is 0.536. The van der Waals surface area contributed by atoms with E-state index in [0.29, 0.717) is 24.8 Å². The number of hydrogen-bond acceptors (Lipinski definition) is 5. The molecule has 0 bridgehead atoms. The fourth-order valence-electron chi connectivity index (χ4n) is 3.39. The van der Waals surface area contributed by atoms with Gasteiger partial charge in [-0.15, -0.1) is 0 Å². The van der Waals surface area contributed by atoms with E-state index in [-0.39, 0.29) is 5.91 Å². The zero-order valence-electron chi connectivity index (χ0n) is 16.2. The van der Waals surface area contributed by atoms with Gasteiger partial charge in [-0.05, 0) is 31.2 Å². The number of hydrogen-bond donors (Lipinski definition) is 0. The zero-order chi connectivity index (χ0) is 19.1. The molecule has 2 heterocycles. The van der Waals surface area contributed by atoms with Crippen molar-refractivity contribution < 1.29 is 4.79 Å². The number of aromatic nitrogens is 2. The second kappa shape index (κ2) is 9.74. The van der Waals surface area contributed by atoms with Crippen molar-refractivity contribution in [3.63, 3.8) is 0 Å². The van der Waals surface area contributed by atoms with Crippen molar-refractivity contribution in [2.24, 2.45) is 5.92 Å². The summed E-state index contributed by atoms with van der Waals surface area (Å²) in [4.78, 5) is 25.6. The third-order valence-corrected chi connectivity index (χ3v) is 5.81. The van der Waals surface area contributed by atoms with Crippen LogP contribution in [0.1, 0.15) is 32.3 Å². The average molecular weight is 385 g/mol. The van der Waals surface area contributed by atoms with Crippen molar-refractivity contribution in [2.75, 3.05) is 30.3 Å². The summed E-state index contributed by atoms with van der Waals surface area (Å²) in [5, 5.41) is 0.863. The summed E-state index contributed by atoms with van der Waals surface area (Å²) in [6.45, 7) is 7.75. The topological polar surface area (TPSA) is 49.3 Å². The van der Waals surface area contributed by atoms with Crippen LogP contribution < -0.4 is 4.90 Å². The highest BCUT2D eigenvalue weighted by molar-refractivity contribution is 7.99. The lowest BCUT2D eigenvalue weighted by Gasteiger charge is -2.31. The molecule has 0 saturated carbocycles. The molecular formula is C21H28N4OS. The van der Waals surface area contributed by atoms with Gasteiger partial charge in [0, 0.05) is 32.2 Å². The molecular weight excluding hydrogens is 356 g/mol. The first-order valence-corrected chi connectivity index (χ1v) is 10.7. The van der Waals surface area contributed by atoms with Crippen molar-refractivity contribution in [1.82, 2.24) is 14.9 Å². The SMILES string of the molecule is CCN(Cc1ccccc1)C(=O)CSc1cc(N2CCCC(C)C2)ncn1. The van der Waals surface area contributed by atoms with Crippen molar-refractivity contribution in [3.05, 3.63) is 48.3 Å². The molecule has 1 fully saturated rings. The van der Waals surface area contributed by atoms with Gasteiger partial charge in [0.25, 0.3) is 0 Å². The van der Waals surface area contributed by atoms with Crippen molar-refractivity contribution in [1.29, 1.82) is 0 Å². The lowest BCUT2D eigenvalue weighted by atomic mass is 10.0. The number of benzene rings is 1. The van der Waals surface area contributed by atoms with E-state index in [1.165, 1.54) is 24.6 Å². The van der Waals surface area contributed by atoms with Crippen molar-refractivity contribution in [3.8, 4) is 0 Å². The molecule has 0 radical (unpaired) electrons. The Morgan fingerprint density at radius 3 is 2.85 bits per heavy atom. The second-order valence-corrected chi connectivity index (χ2v) is 8.09. The zero-order valence-corrected chi connectivity index (χ0v) is 17.0. The molecule has 144 valence electrons. The highest BCUT2D eigenvalue weighted by Crippen LogP contribution is 2.24. The van der Waals surface area contributed by atoms with Crippen LogP contribution in [-0.2, 0) is 11.3 Å². The van der Waals surface area contributed by atoms with Crippen LogP contribution in [0.3, 0.4) is 0 Å². The fraction of sp³-hybridized carbons (Fsp3) is 0.476. The van der Waals surface area contributed by atoms with Gasteiger partial charge in [0.2, 0.25) is 5.91 Å². The third-order valence-electron chi connectivity index (χ3n) is 4.90. The van der Waals surface area contributed by atoms with Crippen LogP contribution in [0.5, 0.6) is 0 Å². The Morgan fingerprint density at radius 1 is 1.30 bits per heavy atom. The molecule has 1 aliphatic heterocycles. The molecule has 1 atom stereocenters. The van der Waals surface area contributed by atoms with E-state index in [1.54, 1.807) is 6.33 Å². The van der Waals surface area contributed by atoms with Crippen molar-refractivity contribution >= 4 is 23.5 Å². The number of thioether (sulfide) groups is 1. The maximum atomic E-state index is 12.6. The average Bonchev–Trinajstić information content (AvgIpc) is 2.71. The van der Waals surface area contributed by atoms with Gasteiger partial charge in [-0.3, -0.25) is 4.79 Å². The van der Waals surface area contributed by atoms with Crippen LogP contribution >= 0.6 is 11.8 Å². The fourth-order valence-corrected chi connectivity index (χ4v) is 4.15. The Bertz CT molecular complexity index is 740. The summed E-state index contributed by atoms with van der Waals surface area (Å²) >= 11 is 1.49. The summed E-state index contributed by atoms with van der Waals surface area (Å²) in [6.07, 6.45) is 4.10. The van der Waals surface area contributed by atoms with Crippen LogP contribution in [0.2, 0.25) is 0 Å². The monoisotopic (exact) mass is 384 g/mol. The Balaban J connectivity index is 1.57. The molecule has 1 unspecified atom stereocenters. The minimum atomic E-state index is 0.137. The van der Waals surface area contributed by atoms with E-state index in [1.807, 2.05) is 36.1 Å². The van der Waals surface area contributed by atoms with E-state index < -0.39 is 0 Å². The smallest absolute Gasteiger partial charge is 0.233 e. The van der Waals surface area contributed by atoms with Gasteiger partial charge in [0.05, 0.1) is 5.75 Å². The first-order chi connectivity index (χ1) is 13.2. The van der Waals surface area contributed by atoms with E-state index in [4.69, 9.17) is 0 Å². The Hall–Kier alpha value is -2.08. The highest BCUT2D eigenvalue weighted by Gasteiger charge is 2.18. The Kier molecular flexibility index (Phi) is 7.10. The molecule has 1 amide bonds. The molecule has 1 saturated heterocycles. The molecule has 2 aromatic rings. The summed E-state index contributed by atoms with van der Waals surface area (Å²) in [6, 6.07) is 12.1. The number of rotatable bonds is 7. The van der Waals surface area contributed by atoms with Gasteiger partial charge < -0.3 is 9.80 Å². The maximum absolute atomic E-state index is 12.6. The molecule has 6 heteroatoms. The first kappa shape index (κ1) is 19.7. The number of piperidine rings is 1. The molecule has 3 rings (SSSR count). The van der Waals surface area contributed by atoms with E-state index >= 15 is 0 Å². The van der Waals surface area contributed by atoms with E-state index in [0.717, 1.165) is 29.5 Å². The summed E-state index contributed by atoms with van der Waals surface area (Å²) in [5.74, 6) is 2.21. The van der Waals surface area contributed by atoms with Gasteiger partial charge in [-0.2, -0.15) is 0 Å². The van der Waals surface area contributed by atoms with Crippen LogP contribution in [0, 0.1) is 5.92 Å². The number of carbonyl (C=O) groups excluding carboxylic acids is 1. The van der Waals surface area contributed by atoms with Crippen LogP contribution in [0.15, 0.2) is 47.8 Å². The number of amides is 1. The van der Waals surface area contributed by atoms with Crippen molar-refractivity contribution in [2.45, 2.75) is 38.3 Å². The maximum Gasteiger partial charge on any atom is 0.233 e. The van der Waals surface area contributed by atoms with E-state index in [2.05, 4.69) is 33.9 Å². The largest absolute Gasteiger partial charge is 0.356 e. The van der Waals surface area contributed by atoms with Gasteiger partial charge in [-0.1, -0.05) is 49.0 Å². The van der Waals surface area contributed by atoms with Crippen LogP contribution in [0.4, 0.5) is 5.82 Å². The highest BCUT2D eigenvalue weighted by atomic mass is 32.2. The molecule has 1 aromatic heterocycles. The van der Waals surface area contributed by atoms with E-state index in [9.17, 15) is 4.79 Å². The third kappa shape index (κ3) is 5.70.